The molecule has 0 spiro atoms. The first-order valence-electron chi connectivity index (χ1n) is 9.42. The highest BCUT2D eigenvalue weighted by atomic mass is 19.4. The van der Waals surface area contributed by atoms with Gasteiger partial charge in [0.25, 0.3) is 0 Å². The van der Waals surface area contributed by atoms with E-state index in [9.17, 15) is 18.0 Å². The van der Waals surface area contributed by atoms with Crippen LogP contribution in [0.1, 0.15) is 18.9 Å². The summed E-state index contributed by atoms with van der Waals surface area (Å²) in [7, 11) is 0. The minimum absolute atomic E-state index is 0.0310. The van der Waals surface area contributed by atoms with Crippen molar-refractivity contribution < 1.29 is 22.7 Å². The van der Waals surface area contributed by atoms with Crippen LogP contribution >= 0.6 is 0 Å². The topological polar surface area (TPSA) is 88.2 Å². The van der Waals surface area contributed by atoms with Crippen LogP contribution in [0.15, 0.2) is 60.9 Å². The number of carbonyl (C=O) groups excluding carboxylic acids is 1. The molecule has 0 aliphatic heterocycles. The SMILES string of the molecule is CCCNc1cc(Oc2ccc(NC(=O)Nc3cccc(C(F)(F)F)c3)cc2)ncn1. The molecule has 3 aromatic rings. The lowest BCUT2D eigenvalue weighted by atomic mass is 10.2. The fraction of sp³-hybridized carbons (Fsp3) is 0.190. The Labute approximate surface area is 176 Å². The van der Waals surface area contributed by atoms with Gasteiger partial charge < -0.3 is 20.7 Å². The van der Waals surface area contributed by atoms with Crippen molar-refractivity contribution in [3.05, 3.63) is 66.5 Å². The lowest BCUT2D eigenvalue weighted by molar-refractivity contribution is -0.137. The third-order valence-electron chi connectivity index (χ3n) is 3.98. The Balaban J connectivity index is 1.57. The van der Waals surface area contributed by atoms with Crippen LogP contribution in [-0.4, -0.2) is 22.5 Å². The second-order valence-corrected chi connectivity index (χ2v) is 6.45. The van der Waals surface area contributed by atoms with Crippen LogP contribution in [0.25, 0.3) is 0 Å². The van der Waals surface area contributed by atoms with E-state index < -0.39 is 17.8 Å². The molecular weight excluding hydrogens is 411 g/mol. The molecule has 3 rings (SSSR count). The van der Waals surface area contributed by atoms with Crippen LogP contribution in [-0.2, 0) is 6.18 Å². The zero-order chi connectivity index (χ0) is 22.3. The van der Waals surface area contributed by atoms with Crippen LogP contribution in [0.3, 0.4) is 0 Å². The van der Waals surface area contributed by atoms with Crippen LogP contribution < -0.4 is 20.7 Å². The largest absolute Gasteiger partial charge is 0.439 e. The summed E-state index contributed by atoms with van der Waals surface area (Å²) in [6, 6.07) is 11.8. The molecule has 10 heteroatoms. The van der Waals surface area contributed by atoms with E-state index in [1.54, 1.807) is 30.3 Å². The average Bonchev–Trinajstić information content (AvgIpc) is 2.73. The van der Waals surface area contributed by atoms with Gasteiger partial charge in [0.2, 0.25) is 5.88 Å². The van der Waals surface area contributed by atoms with E-state index in [2.05, 4.69) is 25.9 Å². The monoisotopic (exact) mass is 431 g/mol. The molecule has 0 aliphatic carbocycles. The Kier molecular flexibility index (Phi) is 6.91. The predicted molar refractivity (Wildman–Crippen MR) is 111 cm³/mol. The smallest absolute Gasteiger partial charge is 0.416 e. The van der Waals surface area contributed by atoms with Gasteiger partial charge in [-0.1, -0.05) is 13.0 Å². The summed E-state index contributed by atoms with van der Waals surface area (Å²) in [5.41, 5.74) is -0.377. The molecule has 0 saturated heterocycles. The van der Waals surface area contributed by atoms with E-state index in [0.29, 0.717) is 23.1 Å². The number of carbonyl (C=O) groups is 1. The van der Waals surface area contributed by atoms with Crippen molar-refractivity contribution in [2.75, 3.05) is 22.5 Å². The average molecular weight is 431 g/mol. The second kappa shape index (κ2) is 9.79. The van der Waals surface area contributed by atoms with Crippen molar-refractivity contribution >= 4 is 23.2 Å². The maximum Gasteiger partial charge on any atom is 0.416 e. The summed E-state index contributed by atoms with van der Waals surface area (Å²) in [5, 5.41) is 8.06. The molecular formula is C21H20F3N5O2. The summed E-state index contributed by atoms with van der Waals surface area (Å²) >= 11 is 0. The number of nitrogens with one attached hydrogen (secondary N) is 3. The number of anilines is 3. The second-order valence-electron chi connectivity index (χ2n) is 6.45. The third kappa shape index (κ3) is 6.59. The number of hydrogen-bond acceptors (Lipinski definition) is 5. The van der Waals surface area contributed by atoms with Crippen molar-refractivity contribution in [2.45, 2.75) is 19.5 Å². The highest BCUT2D eigenvalue weighted by molar-refractivity contribution is 5.99. The number of halogens is 3. The summed E-state index contributed by atoms with van der Waals surface area (Å²) < 4.78 is 44.0. The number of aromatic nitrogens is 2. The molecule has 0 saturated carbocycles. The molecule has 0 fully saturated rings. The fourth-order valence-electron chi connectivity index (χ4n) is 2.54. The van der Waals surface area contributed by atoms with Gasteiger partial charge in [-0.2, -0.15) is 13.2 Å². The molecule has 1 heterocycles. The molecule has 0 aliphatic rings. The van der Waals surface area contributed by atoms with Gasteiger partial charge in [-0.05, 0) is 48.9 Å². The Morgan fingerprint density at radius 2 is 1.74 bits per heavy atom. The van der Waals surface area contributed by atoms with Gasteiger partial charge in [0, 0.05) is 24.0 Å². The van der Waals surface area contributed by atoms with Crippen LogP contribution in [0.4, 0.5) is 35.2 Å². The first-order chi connectivity index (χ1) is 14.8. The number of ether oxygens (including phenoxy) is 1. The van der Waals surface area contributed by atoms with E-state index in [4.69, 9.17) is 4.74 Å². The van der Waals surface area contributed by atoms with Crippen molar-refractivity contribution in [1.29, 1.82) is 0 Å². The predicted octanol–water partition coefficient (Wildman–Crippen LogP) is 5.75. The number of alkyl halides is 3. The van der Waals surface area contributed by atoms with Gasteiger partial charge in [0.1, 0.15) is 17.9 Å². The third-order valence-corrected chi connectivity index (χ3v) is 3.98. The first kappa shape index (κ1) is 21.9. The van der Waals surface area contributed by atoms with Gasteiger partial charge in [-0.25, -0.2) is 14.8 Å². The Morgan fingerprint density at radius 3 is 2.45 bits per heavy atom. The molecule has 0 bridgehead atoms. The first-order valence-corrected chi connectivity index (χ1v) is 9.42. The molecule has 2 amide bonds. The van der Waals surface area contributed by atoms with Crippen LogP contribution in [0.5, 0.6) is 11.6 Å². The molecule has 0 unspecified atom stereocenters. The Hall–Kier alpha value is -3.82. The molecule has 31 heavy (non-hydrogen) atoms. The van der Waals surface area contributed by atoms with Gasteiger partial charge >= 0.3 is 12.2 Å². The van der Waals surface area contributed by atoms with Crippen molar-refractivity contribution in [2.24, 2.45) is 0 Å². The van der Waals surface area contributed by atoms with E-state index in [1.165, 1.54) is 18.5 Å². The Bertz CT molecular complexity index is 1030. The fourth-order valence-corrected chi connectivity index (χ4v) is 2.54. The highest BCUT2D eigenvalue weighted by Crippen LogP contribution is 2.30. The Morgan fingerprint density at radius 1 is 1.00 bits per heavy atom. The van der Waals surface area contributed by atoms with Crippen molar-refractivity contribution in [3.63, 3.8) is 0 Å². The molecule has 0 atom stereocenters. The van der Waals surface area contributed by atoms with Gasteiger partial charge in [-0.3, -0.25) is 0 Å². The molecule has 0 radical (unpaired) electrons. The van der Waals surface area contributed by atoms with Gasteiger partial charge in [0.05, 0.1) is 5.56 Å². The zero-order valence-electron chi connectivity index (χ0n) is 16.5. The summed E-state index contributed by atoms with van der Waals surface area (Å²) in [6.45, 7) is 2.82. The number of urea groups is 1. The van der Waals surface area contributed by atoms with Gasteiger partial charge in [0.15, 0.2) is 0 Å². The number of nitrogens with zero attached hydrogens (tertiary/aromatic N) is 2. The lowest BCUT2D eigenvalue weighted by Gasteiger charge is -2.11. The zero-order valence-corrected chi connectivity index (χ0v) is 16.5. The molecule has 2 aromatic carbocycles. The van der Waals surface area contributed by atoms with Gasteiger partial charge in [-0.15, -0.1) is 0 Å². The van der Waals surface area contributed by atoms with Crippen LogP contribution in [0, 0.1) is 0 Å². The highest BCUT2D eigenvalue weighted by Gasteiger charge is 2.30. The quantitative estimate of drug-likeness (QED) is 0.443. The van der Waals surface area contributed by atoms with E-state index in [1.807, 2.05) is 6.92 Å². The van der Waals surface area contributed by atoms with E-state index in [-0.39, 0.29) is 5.69 Å². The number of benzene rings is 2. The molecule has 7 nitrogen and oxygen atoms in total. The number of amides is 2. The summed E-state index contributed by atoms with van der Waals surface area (Å²) in [4.78, 5) is 20.2. The minimum Gasteiger partial charge on any atom is -0.439 e. The molecule has 1 aromatic heterocycles. The normalized spacial score (nSPS) is 11.0. The van der Waals surface area contributed by atoms with E-state index >= 15 is 0 Å². The number of hydrogen-bond donors (Lipinski definition) is 3. The van der Waals surface area contributed by atoms with E-state index in [0.717, 1.165) is 25.1 Å². The van der Waals surface area contributed by atoms with Crippen molar-refractivity contribution in [3.8, 4) is 11.6 Å². The molecule has 3 N–H and O–H groups in total. The summed E-state index contributed by atoms with van der Waals surface area (Å²) in [6.07, 6.45) is -2.14. The summed E-state index contributed by atoms with van der Waals surface area (Å²) in [5.74, 6) is 1.50. The molecule has 162 valence electrons. The standard InChI is InChI=1S/C21H20F3N5O2/c1-2-10-25-18-12-19(27-13-26-18)31-17-8-6-15(7-9-17)28-20(30)29-16-5-3-4-14(11-16)21(22,23)24/h3-9,11-13H,2,10H2,1H3,(H,25,26,27)(H2,28,29,30). The lowest BCUT2D eigenvalue weighted by Crippen LogP contribution is -2.19. The number of rotatable bonds is 7. The minimum atomic E-state index is -4.49. The maximum absolute atomic E-state index is 12.8. The van der Waals surface area contributed by atoms with Crippen molar-refractivity contribution in [1.82, 2.24) is 9.97 Å². The van der Waals surface area contributed by atoms with Crippen LogP contribution in [0.2, 0.25) is 0 Å². The maximum atomic E-state index is 12.8.